The summed E-state index contributed by atoms with van der Waals surface area (Å²) in [4.78, 5) is 27.1. The third-order valence-electron chi connectivity index (χ3n) is 3.39. The molecule has 23 heavy (non-hydrogen) atoms. The minimum absolute atomic E-state index is 0.181. The summed E-state index contributed by atoms with van der Waals surface area (Å²) >= 11 is 8.14. The lowest BCUT2D eigenvalue weighted by atomic mass is 10.3. The molecular weight excluding hydrogens is 444 g/mol. The molecule has 2 N–H and O–H groups in total. The zero-order chi connectivity index (χ0) is 16.6. The Morgan fingerprint density at radius 2 is 1.91 bits per heavy atom. The summed E-state index contributed by atoms with van der Waals surface area (Å²) in [6, 6.07) is 12.7. The molecule has 2 aromatic carbocycles. The summed E-state index contributed by atoms with van der Waals surface area (Å²) in [5.74, 6) is -0.398. The largest absolute Gasteiger partial charge is 0.399 e. The second kappa shape index (κ2) is 6.67. The van der Waals surface area contributed by atoms with Crippen molar-refractivity contribution in [2.24, 2.45) is 0 Å². The SMILES string of the molecule is Nc1cccc(SC2CC(=O)N(c3ccc(Br)cc3Br)C2=O)c1. The van der Waals surface area contributed by atoms with Crippen molar-refractivity contribution >= 4 is 66.8 Å². The fourth-order valence-electron chi connectivity index (χ4n) is 2.36. The number of nitrogens with two attached hydrogens (primary N) is 1. The first-order valence-electron chi connectivity index (χ1n) is 6.80. The molecule has 1 heterocycles. The van der Waals surface area contributed by atoms with E-state index in [1.54, 1.807) is 24.3 Å². The van der Waals surface area contributed by atoms with Crippen LogP contribution >= 0.6 is 43.6 Å². The monoisotopic (exact) mass is 454 g/mol. The molecule has 0 aromatic heterocycles. The summed E-state index contributed by atoms with van der Waals surface area (Å²) in [5, 5.41) is -0.431. The molecule has 1 fully saturated rings. The topological polar surface area (TPSA) is 63.4 Å². The van der Waals surface area contributed by atoms with Gasteiger partial charge in [0.15, 0.2) is 0 Å². The number of hydrogen-bond donors (Lipinski definition) is 1. The van der Waals surface area contributed by atoms with Gasteiger partial charge in [0.2, 0.25) is 11.8 Å². The van der Waals surface area contributed by atoms with Gasteiger partial charge in [-0.1, -0.05) is 22.0 Å². The highest BCUT2D eigenvalue weighted by molar-refractivity contribution is 9.11. The standard InChI is InChI=1S/C16H12Br2N2O2S/c17-9-4-5-13(12(18)6-9)20-15(21)8-14(16(20)22)23-11-3-1-2-10(19)7-11/h1-7,14H,8,19H2. The number of nitrogen functional groups attached to an aromatic ring is 1. The first-order chi connectivity index (χ1) is 11.0. The van der Waals surface area contributed by atoms with E-state index in [9.17, 15) is 9.59 Å². The van der Waals surface area contributed by atoms with Crippen molar-refractivity contribution in [2.45, 2.75) is 16.6 Å². The highest BCUT2D eigenvalue weighted by Gasteiger charge is 2.40. The number of carbonyl (C=O) groups is 2. The molecule has 0 saturated carbocycles. The molecule has 7 heteroatoms. The second-order valence-electron chi connectivity index (χ2n) is 5.05. The van der Waals surface area contributed by atoms with Crippen LogP contribution in [0, 0.1) is 0 Å². The fourth-order valence-corrected chi connectivity index (χ4v) is 4.71. The smallest absolute Gasteiger partial charge is 0.247 e. The molecule has 1 saturated heterocycles. The van der Waals surface area contributed by atoms with Gasteiger partial charge in [-0.3, -0.25) is 9.59 Å². The summed E-state index contributed by atoms with van der Waals surface area (Å²) in [6.45, 7) is 0. The van der Waals surface area contributed by atoms with Gasteiger partial charge in [-0.15, -0.1) is 11.8 Å². The maximum atomic E-state index is 12.7. The summed E-state index contributed by atoms with van der Waals surface area (Å²) in [6.07, 6.45) is 0.181. The van der Waals surface area contributed by atoms with E-state index in [2.05, 4.69) is 31.9 Å². The lowest BCUT2D eigenvalue weighted by Crippen LogP contribution is -2.31. The van der Waals surface area contributed by atoms with Crippen LogP contribution in [-0.2, 0) is 9.59 Å². The van der Waals surface area contributed by atoms with Crippen LogP contribution in [0.1, 0.15) is 6.42 Å². The third kappa shape index (κ3) is 3.46. The van der Waals surface area contributed by atoms with Gasteiger partial charge in [0.25, 0.3) is 0 Å². The Hall–Kier alpha value is -1.31. The fraction of sp³-hybridized carbons (Fsp3) is 0.125. The lowest BCUT2D eigenvalue weighted by Gasteiger charge is -2.17. The van der Waals surface area contributed by atoms with E-state index in [0.717, 1.165) is 9.37 Å². The number of amides is 2. The van der Waals surface area contributed by atoms with Crippen molar-refractivity contribution in [3.05, 3.63) is 51.4 Å². The molecule has 4 nitrogen and oxygen atoms in total. The Balaban J connectivity index is 1.85. The van der Waals surface area contributed by atoms with Crippen LogP contribution in [0.5, 0.6) is 0 Å². The summed E-state index contributed by atoms with van der Waals surface area (Å²) in [7, 11) is 0. The van der Waals surface area contributed by atoms with Gasteiger partial charge >= 0.3 is 0 Å². The van der Waals surface area contributed by atoms with Crippen LogP contribution in [0.3, 0.4) is 0 Å². The number of hydrogen-bond acceptors (Lipinski definition) is 4. The van der Waals surface area contributed by atoms with E-state index in [-0.39, 0.29) is 18.2 Å². The molecule has 1 aliphatic rings. The number of carbonyl (C=O) groups excluding carboxylic acids is 2. The van der Waals surface area contributed by atoms with Gasteiger partial charge in [-0.2, -0.15) is 0 Å². The number of benzene rings is 2. The van der Waals surface area contributed by atoms with Gasteiger partial charge in [0.05, 0.1) is 10.9 Å². The van der Waals surface area contributed by atoms with Crippen molar-refractivity contribution in [2.75, 3.05) is 10.6 Å². The summed E-state index contributed by atoms with van der Waals surface area (Å²) in [5.41, 5.74) is 6.97. The molecule has 0 spiro atoms. The van der Waals surface area contributed by atoms with E-state index >= 15 is 0 Å². The van der Waals surface area contributed by atoms with E-state index in [4.69, 9.17) is 5.73 Å². The van der Waals surface area contributed by atoms with Crippen LogP contribution in [0.2, 0.25) is 0 Å². The number of imide groups is 1. The van der Waals surface area contributed by atoms with Crippen molar-refractivity contribution in [1.29, 1.82) is 0 Å². The van der Waals surface area contributed by atoms with Crippen molar-refractivity contribution in [1.82, 2.24) is 0 Å². The summed E-state index contributed by atoms with van der Waals surface area (Å²) < 4.78 is 1.57. The van der Waals surface area contributed by atoms with Crippen LogP contribution in [0.15, 0.2) is 56.3 Å². The molecule has 3 rings (SSSR count). The molecule has 0 radical (unpaired) electrons. The Morgan fingerprint density at radius 1 is 1.13 bits per heavy atom. The van der Waals surface area contributed by atoms with Gasteiger partial charge in [0.1, 0.15) is 0 Å². The van der Waals surface area contributed by atoms with Crippen molar-refractivity contribution in [3.63, 3.8) is 0 Å². The highest BCUT2D eigenvalue weighted by Crippen LogP contribution is 2.37. The number of halogens is 2. The number of thioether (sulfide) groups is 1. The van der Waals surface area contributed by atoms with Crippen molar-refractivity contribution in [3.8, 4) is 0 Å². The Labute approximate surface area is 154 Å². The third-order valence-corrected chi connectivity index (χ3v) is 5.70. The maximum absolute atomic E-state index is 12.7. The zero-order valence-corrected chi connectivity index (χ0v) is 15.8. The van der Waals surface area contributed by atoms with Gasteiger partial charge in [0, 0.05) is 25.9 Å². The molecule has 2 aromatic rings. The van der Waals surface area contributed by atoms with Crippen LogP contribution in [-0.4, -0.2) is 17.1 Å². The molecule has 1 aliphatic heterocycles. The Kier molecular flexibility index (Phi) is 4.79. The molecule has 1 unspecified atom stereocenters. The Bertz CT molecular complexity index is 797. The zero-order valence-electron chi connectivity index (χ0n) is 11.8. The minimum Gasteiger partial charge on any atom is -0.399 e. The van der Waals surface area contributed by atoms with Gasteiger partial charge in [-0.25, -0.2) is 4.90 Å². The molecule has 1 atom stereocenters. The van der Waals surface area contributed by atoms with Crippen LogP contribution in [0.25, 0.3) is 0 Å². The maximum Gasteiger partial charge on any atom is 0.247 e. The van der Waals surface area contributed by atoms with E-state index < -0.39 is 5.25 Å². The van der Waals surface area contributed by atoms with Gasteiger partial charge < -0.3 is 5.73 Å². The first-order valence-corrected chi connectivity index (χ1v) is 9.26. The van der Waals surface area contributed by atoms with Gasteiger partial charge in [-0.05, 0) is 52.3 Å². The average Bonchev–Trinajstić information content (AvgIpc) is 2.74. The molecule has 118 valence electrons. The van der Waals surface area contributed by atoms with Crippen LogP contribution in [0.4, 0.5) is 11.4 Å². The van der Waals surface area contributed by atoms with Crippen molar-refractivity contribution < 1.29 is 9.59 Å². The van der Waals surface area contributed by atoms with E-state index in [1.165, 1.54) is 16.7 Å². The van der Waals surface area contributed by atoms with E-state index in [0.29, 0.717) is 15.8 Å². The van der Waals surface area contributed by atoms with Crippen LogP contribution < -0.4 is 10.6 Å². The number of nitrogens with zero attached hydrogens (tertiary/aromatic N) is 1. The first kappa shape index (κ1) is 16.5. The molecule has 2 amide bonds. The van der Waals surface area contributed by atoms with E-state index in [1.807, 2.05) is 18.2 Å². The Morgan fingerprint density at radius 3 is 2.61 bits per heavy atom. The predicted octanol–water partition coefficient (Wildman–Crippen LogP) is 4.22. The molecular formula is C16H12Br2N2O2S. The normalized spacial score (nSPS) is 17.8. The minimum atomic E-state index is -0.431. The quantitative estimate of drug-likeness (QED) is 0.555. The lowest BCUT2D eigenvalue weighted by molar-refractivity contribution is -0.121. The number of rotatable bonds is 3. The average molecular weight is 456 g/mol. The number of anilines is 2. The second-order valence-corrected chi connectivity index (χ2v) is 8.09. The predicted molar refractivity (Wildman–Crippen MR) is 99.5 cm³/mol. The molecule has 0 bridgehead atoms. The highest BCUT2D eigenvalue weighted by atomic mass is 79.9. The molecule has 0 aliphatic carbocycles.